The van der Waals surface area contributed by atoms with Crippen LogP contribution in [0.25, 0.3) is 0 Å². The molecule has 0 N–H and O–H groups in total. The minimum absolute atomic E-state index is 0. The van der Waals surface area contributed by atoms with E-state index in [2.05, 4.69) is 61.5 Å². The fourth-order valence-electron chi connectivity index (χ4n) is 2.97. The summed E-state index contributed by atoms with van der Waals surface area (Å²) < 4.78 is 0. The molecule has 0 radical (unpaired) electrons. The van der Waals surface area contributed by atoms with Crippen LogP contribution in [-0.2, 0) is 0 Å². The maximum Gasteiger partial charge on any atom is 1.00 e. The molecular weight excluding hydrogens is 282 g/mol. The summed E-state index contributed by atoms with van der Waals surface area (Å²) in [5.41, 5.74) is 6.33. The third kappa shape index (κ3) is 6.20. The van der Waals surface area contributed by atoms with E-state index < -0.39 is 0 Å². The summed E-state index contributed by atoms with van der Waals surface area (Å²) in [6, 6.07) is 2.18. The Morgan fingerprint density at radius 2 is 1.55 bits per heavy atom. The van der Waals surface area contributed by atoms with Gasteiger partial charge in [0, 0.05) is 5.52 Å². The molecule has 0 aromatic heterocycles. The van der Waals surface area contributed by atoms with Gasteiger partial charge in [0.1, 0.15) is 0 Å². The Balaban J connectivity index is 0.00000441. The van der Waals surface area contributed by atoms with Gasteiger partial charge in [-0.3, -0.25) is 0 Å². The Morgan fingerprint density at radius 3 is 1.95 bits per heavy atom. The van der Waals surface area contributed by atoms with Crippen LogP contribution in [0.2, 0.25) is 0 Å². The van der Waals surface area contributed by atoms with E-state index in [1.165, 1.54) is 11.1 Å². The topological polar surface area (TPSA) is 17.1 Å². The SMILES string of the molecule is Cc1cc(C)c(C)c(C(=O)[P-]CC(C)CC(C)(C)C)c1C.[Li+]. The number of aryl methyl sites for hydroxylation is 2. The zero-order valence-corrected chi connectivity index (χ0v) is 16.8. The Kier molecular flexibility index (Phi) is 8.65. The molecule has 0 aliphatic heterocycles. The van der Waals surface area contributed by atoms with Gasteiger partial charge < -0.3 is 13.4 Å². The fraction of sp³-hybridized carbons (Fsp3) is 0.632. The Hall–Kier alpha value is -0.0826. The van der Waals surface area contributed by atoms with Crippen LogP contribution in [0, 0.1) is 39.0 Å². The van der Waals surface area contributed by atoms with Crippen LogP contribution in [-0.4, -0.2) is 11.7 Å². The third-order valence-corrected chi connectivity index (χ3v) is 5.40. The molecule has 0 heterocycles. The van der Waals surface area contributed by atoms with E-state index in [0.717, 1.165) is 37.9 Å². The van der Waals surface area contributed by atoms with Gasteiger partial charge in [0.25, 0.3) is 0 Å². The Morgan fingerprint density at radius 1 is 1.09 bits per heavy atom. The van der Waals surface area contributed by atoms with E-state index in [9.17, 15) is 4.79 Å². The smallest absolute Gasteiger partial charge is 0.459 e. The summed E-state index contributed by atoms with van der Waals surface area (Å²) in [5, 5.41) is 0. The van der Waals surface area contributed by atoms with E-state index in [1.54, 1.807) is 0 Å². The number of hydrogen-bond donors (Lipinski definition) is 0. The molecule has 0 saturated carbocycles. The summed E-state index contributed by atoms with van der Waals surface area (Å²) in [4.78, 5) is 12.6. The van der Waals surface area contributed by atoms with Crippen molar-refractivity contribution in [3.8, 4) is 0 Å². The summed E-state index contributed by atoms with van der Waals surface area (Å²) in [5.74, 6) is 0.585. The van der Waals surface area contributed by atoms with E-state index in [1.807, 2.05) is 0 Å². The summed E-state index contributed by atoms with van der Waals surface area (Å²) >= 11 is 0. The molecule has 1 aromatic carbocycles. The average molecular weight is 312 g/mol. The summed E-state index contributed by atoms with van der Waals surface area (Å²) in [6.45, 7) is 17.4. The molecule has 0 aliphatic carbocycles. The zero-order valence-electron chi connectivity index (χ0n) is 15.9. The molecule has 1 rings (SSSR count). The average Bonchev–Trinajstić information content (AvgIpc) is 2.32. The second-order valence-electron chi connectivity index (χ2n) is 7.65. The maximum atomic E-state index is 12.6. The van der Waals surface area contributed by atoms with Gasteiger partial charge >= 0.3 is 18.9 Å². The normalized spacial score (nSPS) is 13.3. The van der Waals surface area contributed by atoms with Crippen molar-refractivity contribution in [1.29, 1.82) is 0 Å². The number of benzene rings is 1. The molecule has 1 unspecified atom stereocenters. The van der Waals surface area contributed by atoms with E-state index in [4.69, 9.17) is 0 Å². The van der Waals surface area contributed by atoms with E-state index in [-0.39, 0.29) is 24.4 Å². The third-order valence-electron chi connectivity index (χ3n) is 4.09. The van der Waals surface area contributed by atoms with Gasteiger partial charge in [0.2, 0.25) is 0 Å². The minimum atomic E-state index is 0. The first-order valence-corrected chi connectivity index (χ1v) is 8.90. The van der Waals surface area contributed by atoms with Crippen LogP contribution in [0.4, 0.5) is 0 Å². The molecule has 22 heavy (non-hydrogen) atoms. The van der Waals surface area contributed by atoms with Crippen LogP contribution in [0.5, 0.6) is 0 Å². The van der Waals surface area contributed by atoms with Gasteiger partial charge in [0.05, 0.1) is 0 Å². The van der Waals surface area contributed by atoms with Crippen LogP contribution >= 0.6 is 8.58 Å². The van der Waals surface area contributed by atoms with Crippen molar-refractivity contribution in [1.82, 2.24) is 0 Å². The second-order valence-corrected chi connectivity index (χ2v) is 8.74. The Bertz CT molecular complexity index is 503. The molecule has 0 amide bonds. The quantitative estimate of drug-likeness (QED) is 0.603. The minimum Gasteiger partial charge on any atom is -0.459 e. The van der Waals surface area contributed by atoms with Crippen LogP contribution in [0.3, 0.4) is 0 Å². The van der Waals surface area contributed by atoms with Gasteiger partial charge in [-0.2, -0.15) is 6.16 Å². The van der Waals surface area contributed by atoms with E-state index in [0.29, 0.717) is 11.3 Å². The Labute approximate surface area is 151 Å². The number of rotatable bonds is 5. The summed E-state index contributed by atoms with van der Waals surface area (Å²) in [7, 11) is 0.941. The van der Waals surface area contributed by atoms with Gasteiger partial charge in [-0.25, -0.2) is 0 Å². The molecule has 0 fully saturated rings. The number of carbonyl (C=O) groups is 1. The molecule has 1 atom stereocenters. The van der Waals surface area contributed by atoms with Crippen LogP contribution in [0.15, 0.2) is 6.07 Å². The molecule has 1 aromatic rings. The molecular formula is C19H30LiOP. The standard InChI is InChI=1S/C19H30OP.Li/c1-12(10-19(6,7)8)11-21-18(20)17-15(4)13(2)9-14(3)16(17)5;/h9,12H,10-11H2,1-8H3;/q-1;+1. The largest absolute Gasteiger partial charge is 1.00 e. The van der Waals surface area contributed by atoms with Crippen molar-refractivity contribution in [3.05, 3.63) is 33.9 Å². The summed E-state index contributed by atoms with van der Waals surface area (Å²) in [6.07, 6.45) is 2.13. The van der Waals surface area contributed by atoms with Gasteiger partial charge in [-0.1, -0.05) is 39.7 Å². The predicted octanol–water partition coefficient (Wildman–Crippen LogP) is 3.08. The van der Waals surface area contributed by atoms with Crippen molar-refractivity contribution in [2.45, 2.75) is 61.8 Å². The first-order valence-electron chi connectivity index (χ1n) is 7.82. The van der Waals surface area contributed by atoms with Crippen LogP contribution < -0.4 is 18.9 Å². The van der Waals surface area contributed by atoms with Crippen molar-refractivity contribution < 1.29 is 23.7 Å². The van der Waals surface area contributed by atoms with Gasteiger partial charge in [0.15, 0.2) is 0 Å². The monoisotopic (exact) mass is 312 g/mol. The van der Waals surface area contributed by atoms with Crippen molar-refractivity contribution in [2.24, 2.45) is 11.3 Å². The molecule has 0 spiro atoms. The maximum absolute atomic E-state index is 12.6. The van der Waals surface area contributed by atoms with Crippen molar-refractivity contribution >= 4 is 14.1 Å². The molecule has 118 valence electrons. The van der Waals surface area contributed by atoms with Crippen molar-refractivity contribution in [2.75, 3.05) is 6.16 Å². The van der Waals surface area contributed by atoms with Crippen LogP contribution in [0.1, 0.15) is 66.7 Å². The molecule has 3 heteroatoms. The van der Waals surface area contributed by atoms with Gasteiger partial charge in [-0.15, -0.1) is 0 Å². The molecule has 0 aliphatic rings. The molecule has 1 nitrogen and oxygen atoms in total. The first kappa shape index (κ1) is 21.9. The fourth-order valence-corrected chi connectivity index (χ4v) is 4.07. The number of carbonyl (C=O) groups excluding carboxylic acids is 1. The first-order chi connectivity index (χ1) is 9.53. The van der Waals surface area contributed by atoms with E-state index >= 15 is 0 Å². The number of hydrogen-bond acceptors (Lipinski definition) is 1. The molecule has 0 saturated heterocycles. The zero-order chi connectivity index (χ0) is 16.4. The van der Waals surface area contributed by atoms with Gasteiger partial charge in [-0.05, 0) is 67.3 Å². The predicted molar refractivity (Wildman–Crippen MR) is 94.7 cm³/mol. The van der Waals surface area contributed by atoms with Crippen molar-refractivity contribution in [3.63, 3.8) is 0 Å². The molecule has 0 bridgehead atoms. The second kappa shape index (κ2) is 8.68.